The van der Waals surface area contributed by atoms with Crippen molar-refractivity contribution in [1.29, 1.82) is 5.26 Å². The summed E-state index contributed by atoms with van der Waals surface area (Å²) < 4.78 is 30.3. The average molecular weight is 337 g/mol. The van der Waals surface area contributed by atoms with Crippen LogP contribution in [0.1, 0.15) is 18.4 Å². The normalized spacial score (nSPS) is 17.5. The van der Waals surface area contributed by atoms with Gasteiger partial charge in [0.25, 0.3) is 0 Å². The molecule has 23 heavy (non-hydrogen) atoms. The third-order valence-corrected chi connectivity index (χ3v) is 4.66. The fourth-order valence-corrected chi connectivity index (χ4v) is 3.18. The second-order valence-electron chi connectivity index (χ2n) is 5.37. The van der Waals surface area contributed by atoms with Crippen LogP contribution >= 0.6 is 0 Å². The van der Waals surface area contributed by atoms with Crippen molar-refractivity contribution in [2.75, 3.05) is 30.3 Å². The van der Waals surface area contributed by atoms with Gasteiger partial charge in [0.15, 0.2) is 0 Å². The monoisotopic (exact) mass is 337 g/mol. The Labute approximate surface area is 135 Å². The number of benzene rings is 1. The first-order valence-corrected chi connectivity index (χ1v) is 9.11. The van der Waals surface area contributed by atoms with Crippen molar-refractivity contribution in [1.82, 2.24) is 5.32 Å². The van der Waals surface area contributed by atoms with Crippen LogP contribution in [0.25, 0.3) is 0 Å². The molecule has 7 nitrogen and oxygen atoms in total. The molecule has 0 aromatic heterocycles. The van der Waals surface area contributed by atoms with Crippen LogP contribution in [0, 0.1) is 11.3 Å². The first-order valence-electron chi connectivity index (χ1n) is 7.26. The summed E-state index contributed by atoms with van der Waals surface area (Å²) in [6.07, 6.45) is 2.91. The highest BCUT2D eigenvalue weighted by molar-refractivity contribution is 7.92. The Kier molecular flexibility index (Phi) is 5.58. The number of hydrogen-bond acceptors (Lipinski definition) is 5. The molecular formula is C15H19N3O4S. The average Bonchev–Trinajstić information content (AvgIpc) is 3.03. The lowest BCUT2D eigenvalue weighted by molar-refractivity contribution is -0.120. The summed E-state index contributed by atoms with van der Waals surface area (Å²) in [7, 11) is -3.61. The van der Waals surface area contributed by atoms with Crippen LogP contribution in [0.15, 0.2) is 24.3 Å². The van der Waals surface area contributed by atoms with Crippen LogP contribution in [0.3, 0.4) is 0 Å². The maximum atomic E-state index is 12.0. The molecule has 1 fully saturated rings. The summed E-state index contributed by atoms with van der Waals surface area (Å²) in [5.74, 6) is -0.393. The number of carbonyl (C=O) groups excluding carboxylic acids is 1. The quantitative estimate of drug-likeness (QED) is 0.820. The van der Waals surface area contributed by atoms with Crippen molar-refractivity contribution in [3.05, 3.63) is 29.8 Å². The number of hydrogen-bond donors (Lipinski definition) is 1. The van der Waals surface area contributed by atoms with Gasteiger partial charge in [-0.1, -0.05) is 0 Å². The Morgan fingerprint density at radius 3 is 2.65 bits per heavy atom. The third-order valence-electron chi connectivity index (χ3n) is 3.52. The molecule has 8 heteroatoms. The minimum Gasteiger partial charge on any atom is -0.376 e. The molecule has 0 bridgehead atoms. The van der Waals surface area contributed by atoms with Crippen molar-refractivity contribution in [3.8, 4) is 6.07 Å². The van der Waals surface area contributed by atoms with Crippen LogP contribution in [-0.4, -0.2) is 46.4 Å². The summed E-state index contributed by atoms with van der Waals surface area (Å²) in [6, 6.07) is 8.00. The number of nitriles is 1. The zero-order chi connectivity index (χ0) is 16.9. The lowest BCUT2D eigenvalue weighted by atomic mass is 10.2. The number of nitrogens with one attached hydrogen (secondary N) is 1. The van der Waals surface area contributed by atoms with E-state index in [1.54, 1.807) is 0 Å². The molecule has 1 unspecified atom stereocenters. The van der Waals surface area contributed by atoms with Gasteiger partial charge in [-0.25, -0.2) is 8.42 Å². The van der Waals surface area contributed by atoms with E-state index in [2.05, 4.69) is 5.32 Å². The minimum absolute atomic E-state index is 0.000505. The summed E-state index contributed by atoms with van der Waals surface area (Å²) >= 11 is 0. The predicted octanol–water partition coefficient (Wildman–Crippen LogP) is 0.619. The van der Waals surface area contributed by atoms with Crippen molar-refractivity contribution in [3.63, 3.8) is 0 Å². The summed E-state index contributed by atoms with van der Waals surface area (Å²) in [6.45, 7) is 0.766. The van der Waals surface area contributed by atoms with Gasteiger partial charge >= 0.3 is 0 Å². The SMILES string of the molecule is CS(=O)(=O)N(CC(=O)NCC1CCCO1)c1ccc(C#N)cc1. The second kappa shape index (κ2) is 7.44. The lowest BCUT2D eigenvalue weighted by Crippen LogP contribution is -2.42. The molecule has 1 aromatic carbocycles. The van der Waals surface area contributed by atoms with E-state index in [1.807, 2.05) is 6.07 Å². The number of rotatable bonds is 6. The first kappa shape index (κ1) is 17.2. The molecule has 0 saturated carbocycles. The maximum Gasteiger partial charge on any atom is 0.240 e. The minimum atomic E-state index is -3.61. The van der Waals surface area contributed by atoms with Gasteiger partial charge in [0.1, 0.15) is 6.54 Å². The van der Waals surface area contributed by atoms with Crippen LogP contribution in [0.2, 0.25) is 0 Å². The second-order valence-corrected chi connectivity index (χ2v) is 7.27. The molecule has 1 heterocycles. The zero-order valence-corrected chi connectivity index (χ0v) is 13.7. The van der Waals surface area contributed by atoms with Crippen LogP contribution < -0.4 is 9.62 Å². The topological polar surface area (TPSA) is 99.5 Å². The fraction of sp³-hybridized carbons (Fsp3) is 0.467. The smallest absolute Gasteiger partial charge is 0.240 e. The van der Waals surface area contributed by atoms with Gasteiger partial charge in [-0.15, -0.1) is 0 Å². The van der Waals surface area contributed by atoms with E-state index in [9.17, 15) is 13.2 Å². The Morgan fingerprint density at radius 2 is 2.13 bits per heavy atom. The molecular weight excluding hydrogens is 318 g/mol. The molecule has 1 aromatic rings. The Morgan fingerprint density at radius 1 is 1.43 bits per heavy atom. The molecule has 2 rings (SSSR count). The van der Waals surface area contributed by atoms with E-state index < -0.39 is 15.9 Å². The van der Waals surface area contributed by atoms with Gasteiger partial charge in [0, 0.05) is 13.2 Å². The number of anilines is 1. The van der Waals surface area contributed by atoms with E-state index in [4.69, 9.17) is 10.00 Å². The predicted molar refractivity (Wildman–Crippen MR) is 85.3 cm³/mol. The van der Waals surface area contributed by atoms with Gasteiger partial charge in [0.2, 0.25) is 15.9 Å². The van der Waals surface area contributed by atoms with Crippen molar-refractivity contribution < 1.29 is 17.9 Å². The molecule has 1 amide bonds. The standard InChI is InChI=1S/C15H19N3O4S/c1-23(20,21)18(13-6-4-12(9-16)5-7-13)11-15(19)17-10-14-3-2-8-22-14/h4-7,14H,2-3,8,10-11H2,1H3,(H,17,19). The first-order chi connectivity index (χ1) is 10.9. The fourth-order valence-electron chi connectivity index (χ4n) is 2.32. The van der Waals surface area contributed by atoms with Crippen LogP contribution in [0.4, 0.5) is 5.69 Å². The number of nitrogens with zero attached hydrogens (tertiary/aromatic N) is 2. The third kappa shape index (κ3) is 4.94. The van der Waals surface area contributed by atoms with Gasteiger partial charge in [-0.05, 0) is 37.1 Å². The summed E-state index contributed by atoms with van der Waals surface area (Å²) in [4.78, 5) is 12.0. The molecule has 1 N–H and O–H groups in total. The molecule has 0 radical (unpaired) electrons. The Balaban J connectivity index is 2.03. The van der Waals surface area contributed by atoms with E-state index in [-0.39, 0.29) is 12.6 Å². The molecule has 1 aliphatic heterocycles. The molecule has 1 atom stereocenters. The zero-order valence-electron chi connectivity index (χ0n) is 12.9. The maximum absolute atomic E-state index is 12.0. The molecule has 1 aliphatic rings. The van der Waals surface area contributed by atoms with Gasteiger partial charge in [-0.3, -0.25) is 9.10 Å². The van der Waals surface area contributed by atoms with E-state index in [0.717, 1.165) is 23.4 Å². The highest BCUT2D eigenvalue weighted by Gasteiger charge is 2.22. The van der Waals surface area contributed by atoms with Crippen molar-refractivity contribution in [2.45, 2.75) is 18.9 Å². The Hall–Kier alpha value is -2.11. The summed E-state index contributed by atoms with van der Waals surface area (Å²) in [5, 5.41) is 11.5. The number of carbonyl (C=O) groups is 1. The molecule has 1 saturated heterocycles. The van der Waals surface area contributed by atoms with Crippen LogP contribution in [0.5, 0.6) is 0 Å². The van der Waals surface area contributed by atoms with Gasteiger partial charge in [0.05, 0.1) is 29.7 Å². The Bertz CT molecular complexity index is 688. The summed E-state index contributed by atoms with van der Waals surface area (Å²) in [5.41, 5.74) is 0.767. The van der Waals surface area contributed by atoms with Crippen molar-refractivity contribution in [2.24, 2.45) is 0 Å². The van der Waals surface area contributed by atoms with E-state index >= 15 is 0 Å². The number of ether oxygens (including phenoxy) is 1. The van der Waals surface area contributed by atoms with Gasteiger partial charge in [-0.2, -0.15) is 5.26 Å². The number of sulfonamides is 1. The molecule has 0 spiro atoms. The van der Waals surface area contributed by atoms with E-state index in [0.29, 0.717) is 24.4 Å². The van der Waals surface area contributed by atoms with E-state index in [1.165, 1.54) is 24.3 Å². The number of amides is 1. The lowest BCUT2D eigenvalue weighted by Gasteiger charge is -2.22. The largest absolute Gasteiger partial charge is 0.376 e. The molecule has 0 aliphatic carbocycles. The highest BCUT2D eigenvalue weighted by atomic mass is 32.2. The highest BCUT2D eigenvalue weighted by Crippen LogP contribution is 2.18. The van der Waals surface area contributed by atoms with Gasteiger partial charge < -0.3 is 10.1 Å². The van der Waals surface area contributed by atoms with Crippen LogP contribution in [-0.2, 0) is 19.6 Å². The van der Waals surface area contributed by atoms with Crippen molar-refractivity contribution >= 4 is 21.6 Å². The molecule has 124 valence electrons.